The van der Waals surface area contributed by atoms with Crippen molar-refractivity contribution in [3.05, 3.63) is 42.3 Å². The van der Waals surface area contributed by atoms with E-state index in [1.165, 1.54) is 19.3 Å². The minimum absolute atomic E-state index is 0. The van der Waals surface area contributed by atoms with Crippen LogP contribution in [0.3, 0.4) is 0 Å². The second kappa shape index (κ2) is 7.04. The van der Waals surface area contributed by atoms with Crippen LogP contribution in [-0.4, -0.2) is 29.0 Å². The van der Waals surface area contributed by atoms with Gasteiger partial charge in [0.15, 0.2) is 0 Å². The molecule has 2 N–H and O–H groups in total. The molecule has 0 bridgehead atoms. The van der Waals surface area contributed by atoms with E-state index >= 15 is 0 Å². The molecule has 1 aromatic carbocycles. The van der Waals surface area contributed by atoms with Gasteiger partial charge in [-0.1, -0.05) is 24.6 Å². The van der Waals surface area contributed by atoms with Gasteiger partial charge in [0.2, 0.25) is 5.89 Å². The van der Waals surface area contributed by atoms with Crippen molar-refractivity contribution in [2.24, 2.45) is 17.6 Å². The molecule has 1 aliphatic heterocycles. The number of hydrogen-bond donors (Lipinski definition) is 1. The van der Waals surface area contributed by atoms with Gasteiger partial charge >= 0.3 is 0 Å². The molecule has 23 heavy (non-hydrogen) atoms. The Morgan fingerprint density at radius 1 is 1.17 bits per heavy atom. The predicted molar refractivity (Wildman–Crippen MR) is 93.3 cm³/mol. The zero-order chi connectivity index (χ0) is 14.9. The number of fused-ring (bicyclic) bond motifs is 1. The summed E-state index contributed by atoms with van der Waals surface area (Å²) in [6, 6.07) is 10.5. The van der Waals surface area contributed by atoms with Gasteiger partial charge < -0.3 is 10.2 Å². The highest BCUT2D eigenvalue weighted by Crippen LogP contribution is 2.36. The van der Waals surface area contributed by atoms with Crippen molar-refractivity contribution >= 4 is 12.4 Å². The summed E-state index contributed by atoms with van der Waals surface area (Å²) in [6.07, 6.45) is 5.61. The van der Waals surface area contributed by atoms with Crippen molar-refractivity contribution in [1.82, 2.24) is 9.88 Å². The minimum atomic E-state index is 0. The van der Waals surface area contributed by atoms with E-state index in [1.807, 2.05) is 30.3 Å². The van der Waals surface area contributed by atoms with Gasteiger partial charge in [0.25, 0.3) is 0 Å². The van der Waals surface area contributed by atoms with Crippen molar-refractivity contribution < 1.29 is 4.42 Å². The first-order valence-corrected chi connectivity index (χ1v) is 8.27. The average molecular weight is 334 g/mol. The van der Waals surface area contributed by atoms with Crippen LogP contribution in [0.25, 0.3) is 11.5 Å². The van der Waals surface area contributed by atoms with Crippen molar-refractivity contribution in [1.29, 1.82) is 0 Å². The molecular formula is C18H24ClN3O. The molecule has 0 radical (unpaired) electrons. The first-order valence-electron chi connectivity index (χ1n) is 8.27. The Hall–Kier alpha value is -1.36. The summed E-state index contributed by atoms with van der Waals surface area (Å²) in [5.74, 6) is 2.17. The van der Waals surface area contributed by atoms with E-state index in [2.05, 4.69) is 9.88 Å². The zero-order valence-corrected chi connectivity index (χ0v) is 14.0. The van der Waals surface area contributed by atoms with Crippen LogP contribution >= 0.6 is 12.4 Å². The summed E-state index contributed by atoms with van der Waals surface area (Å²) in [7, 11) is 0. The molecular weight excluding hydrogens is 310 g/mol. The Morgan fingerprint density at radius 3 is 2.78 bits per heavy atom. The Bertz CT molecular complexity index is 630. The van der Waals surface area contributed by atoms with Crippen molar-refractivity contribution in [2.45, 2.75) is 31.8 Å². The third-order valence-electron chi connectivity index (χ3n) is 5.19. The molecule has 1 aromatic heterocycles. The summed E-state index contributed by atoms with van der Waals surface area (Å²) in [6.45, 7) is 3.14. The maximum atomic E-state index is 6.29. The molecule has 2 fully saturated rings. The molecule has 5 heteroatoms. The third-order valence-corrected chi connectivity index (χ3v) is 5.19. The average Bonchev–Trinajstić information content (AvgIpc) is 3.16. The summed E-state index contributed by atoms with van der Waals surface area (Å²) < 4.78 is 5.64. The molecule has 2 aromatic rings. The van der Waals surface area contributed by atoms with Gasteiger partial charge in [0.1, 0.15) is 6.26 Å². The molecule has 3 unspecified atom stereocenters. The van der Waals surface area contributed by atoms with Crippen LogP contribution in [0.4, 0.5) is 0 Å². The first-order chi connectivity index (χ1) is 10.8. The van der Waals surface area contributed by atoms with Gasteiger partial charge in [-0.05, 0) is 36.8 Å². The monoisotopic (exact) mass is 333 g/mol. The smallest absolute Gasteiger partial charge is 0.226 e. The number of aromatic nitrogens is 1. The van der Waals surface area contributed by atoms with Gasteiger partial charge in [-0.15, -0.1) is 12.4 Å². The lowest BCUT2D eigenvalue weighted by Gasteiger charge is -2.29. The minimum Gasteiger partial charge on any atom is -0.444 e. The molecule has 1 saturated carbocycles. The number of likely N-dealkylation sites (tertiary alicyclic amines) is 1. The van der Waals surface area contributed by atoms with Crippen LogP contribution in [0.1, 0.15) is 25.0 Å². The van der Waals surface area contributed by atoms with E-state index in [1.54, 1.807) is 6.26 Å². The number of rotatable bonds is 3. The Balaban J connectivity index is 0.00000156. The third kappa shape index (κ3) is 3.44. The number of halogens is 1. The fourth-order valence-electron chi connectivity index (χ4n) is 4.06. The van der Waals surface area contributed by atoms with Crippen LogP contribution < -0.4 is 5.73 Å². The molecule has 2 heterocycles. The number of nitrogens with two attached hydrogens (primary N) is 1. The quantitative estimate of drug-likeness (QED) is 0.936. The topological polar surface area (TPSA) is 55.3 Å². The second-order valence-electron chi connectivity index (χ2n) is 6.72. The van der Waals surface area contributed by atoms with Crippen molar-refractivity contribution in [2.75, 3.05) is 13.1 Å². The zero-order valence-electron chi connectivity index (χ0n) is 13.2. The highest BCUT2D eigenvalue weighted by Gasteiger charge is 2.38. The van der Waals surface area contributed by atoms with Gasteiger partial charge in [0, 0.05) is 31.2 Å². The fourth-order valence-corrected chi connectivity index (χ4v) is 4.06. The lowest BCUT2D eigenvalue weighted by molar-refractivity contribution is 0.259. The number of nitrogens with zero attached hydrogens (tertiary/aromatic N) is 2. The highest BCUT2D eigenvalue weighted by molar-refractivity contribution is 5.85. The number of hydrogen-bond acceptors (Lipinski definition) is 4. The molecule has 1 aliphatic carbocycles. The molecule has 3 atom stereocenters. The largest absolute Gasteiger partial charge is 0.444 e. The summed E-state index contributed by atoms with van der Waals surface area (Å²) in [5, 5.41) is 0. The summed E-state index contributed by atoms with van der Waals surface area (Å²) in [5.41, 5.74) is 8.35. The van der Waals surface area contributed by atoms with E-state index < -0.39 is 0 Å². The first kappa shape index (κ1) is 16.5. The predicted octanol–water partition coefficient (Wildman–Crippen LogP) is 3.32. The lowest BCUT2D eigenvalue weighted by Crippen LogP contribution is -2.38. The SMILES string of the molecule is Cl.NC1CCCC2CN(Cc3coc(-c4ccccc4)n3)CC12. The van der Waals surface area contributed by atoms with Crippen LogP contribution in [0, 0.1) is 11.8 Å². The fraction of sp³-hybridized carbons (Fsp3) is 0.500. The van der Waals surface area contributed by atoms with Crippen LogP contribution in [0.15, 0.2) is 41.0 Å². The van der Waals surface area contributed by atoms with Crippen LogP contribution in [-0.2, 0) is 6.54 Å². The van der Waals surface area contributed by atoms with E-state index in [0.717, 1.165) is 36.8 Å². The Labute approximate surface area is 143 Å². The highest BCUT2D eigenvalue weighted by atomic mass is 35.5. The second-order valence-corrected chi connectivity index (χ2v) is 6.72. The van der Waals surface area contributed by atoms with Gasteiger partial charge in [0.05, 0.1) is 5.69 Å². The Morgan fingerprint density at radius 2 is 2.00 bits per heavy atom. The number of benzene rings is 1. The van der Waals surface area contributed by atoms with Gasteiger partial charge in [-0.3, -0.25) is 4.90 Å². The maximum Gasteiger partial charge on any atom is 0.226 e. The molecule has 2 aliphatic rings. The normalized spacial score (nSPS) is 27.4. The van der Waals surface area contributed by atoms with Crippen molar-refractivity contribution in [3.63, 3.8) is 0 Å². The van der Waals surface area contributed by atoms with Gasteiger partial charge in [-0.25, -0.2) is 4.98 Å². The molecule has 1 saturated heterocycles. The summed E-state index contributed by atoms with van der Waals surface area (Å²) in [4.78, 5) is 7.13. The van der Waals surface area contributed by atoms with Crippen LogP contribution in [0.5, 0.6) is 0 Å². The molecule has 124 valence electrons. The summed E-state index contributed by atoms with van der Waals surface area (Å²) >= 11 is 0. The standard InChI is InChI=1S/C18H23N3O.ClH/c19-17-8-4-7-14-9-21(11-16(14)17)10-15-12-22-18(20-15)13-5-2-1-3-6-13;/h1-3,5-6,12,14,16-17H,4,7-11,19H2;1H. The number of oxazole rings is 1. The van der Waals surface area contributed by atoms with E-state index in [4.69, 9.17) is 10.2 Å². The van der Waals surface area contributed by atoms with E-state index in [9.17, 15) is 0 Å². The van der Waals surface area contributed by atoms with Crippen LogP contribution in [0.2, 0.25) is 0 Å². The Kier molecular flexibility index (Phi) is 5.05. The van der Waals surface area contributed by atoms with Crippen molar-refractivity contribution in [3.8, 4) is 11.5 Å². The van der Waals surface area contributed by atoms with E-state index in [-0.39, 0.29) is 12.4 Å². The molecule has 4 nitrogen and oxygen atoms in total. The maximum absolute atomic E-state index is 6.29. The van der Waals surface area contributed by atoms with Gasteiger partial charge in [-0.2, -0.15) is 0 Å². The molecule has 0 spiro atoms. The molecule has 0 amide bonds. The molecule has 4 rings (SSSR count). The van der Waals surface area contributed by atoms with E-state index in [0.29, 0.717) is 17.9 Å². The lowest BCUT2D eigenvalue weighted by atomic mass is 9.78.